The lowest BCUT2D eigenvalue weighted by molar-refractivity contribution is -0.132. The molecule has 25 heavy (non-hydrogen) atoms. The van der Waals surface area contributed by atoms with Gasteiger partial charge in [-0.15, -0.1) is 5.11 Å². The van der Waals surface area contributed by atoms with Crippen molar-refractivity contribution >= 4 is 17.3 Å². The van der Waals surface area contributed by atoms with Gasteiger partial charge in [-0.25, -0.2) is 4.79 Å². The van der Waals surface area contributed by atoms with E-state index >= 15 is 0 Å². The number of hydrogen-bond acceptors (Lipinski definition) is 5. The molecule has 126 valence electrons. The number of nitriles is 1. The maximum Gasteiger partial charge on any atom is 0.334 e. The van der Waals surface area contributed by atoms with Gasteiger partial charge in [0.1, 0.15) is 11.4 Å². The summed E-state index contributed by atoms with van der Waals surface area (Å²) in [6.45, 7) is 3.32. The van der Waals surface area contributed by atoms with E-state index in [0.29, 0.717) is 34.9 Å². The summed E-state index contributed by atoms with van der Waals surface area (Å²) in [5.41, 5.74) is 1.78. The van der Waals surface area contributed by atoms with Gasteiger partial charge in [0.05, 0.1) is 22.9 Å². The van der Waals surface area contributed by atoms with Gasteiger partial charge in [-0.05, 0) is 43.3 Å². The van der Waals surface area contributed by atoms with Gasteiger partial charge in [0.25, 0.3) is 0 Å². The second kappa shape index (κ2) is 8.41. The van der Waals surface area contributed by atoms with Crippen LogP contribution in [0.5, 0.6) is 5.75 Å². The summed E-state index contributed by atoms with van der Waals surface area (Å²) in [5.74, 6) is -0.223. The monoisotopic (exact) mass is 335 g/mol. The highest BCUT2D eigenvalue weighted by atomic mass is 16.5. The SMILES string of the molecule is CC/C(Oc1ccccc1/N=N/c1ccc(C#N)cc1)=C(/C)C(=O)O. The number of azo groups is 1. The number of hydrogen-bond donors (Lipinski definition) is 1. The third-order valence-electron chi connectivity index (χ3n) is 3.43. The van der Waals surface area contributed by atoms with E-state index < -0.39 is 5.97 Å². The predicted molar refractivity (Wildman–Crippen MR) is 93.0 cm³/mol. The first kappa shape index (κ1) is 17.9. The van der Waals surface area contributed by atoms with Crippen molar-refractivity contribution in [3.8, 4) is 11.8 Å². The summed E-state index contributed by atoms with van der Waals surface area (Å²) in [6, 6.07) is 15.7. The van der Waals surface area contributed by atoms with E-state index in [9.17, 15) is 4.79 Å². The van der Waals surface area contributed by atoms with Crippen molar-refractivity contribution in [3.05, 3.63) is 65.4 Å². The number of carboxylic acid groups (broad SMARTS) is 1. The summed E-state index contributed by atoms with van der Waals surface area (Å²) in [5, 5.41) is 26.2. The molecule has 0 aliphatic carbocycles. The van der Waals surface area contributed by atoms with Crippen LogP contribution in [0.3, 0.4) is 0 Å². The largest absolute Gasteiger partial charge is 0.478 e. The summed E-state index contributed by atoms with van der Waals surface area (Å²) in [6.07, 6.45) is 0.444. The van der Waals surface area contributed by atoms with Crippen LogP contribution in [0.2, 0.25) is 0 Å². The number of ether oxygens (including phenoxy) is 1. The zero-order valence-corrected chi connectivity index (χ0v) is 13.9. The third kappa shape index (κ3) is 4.75. The molecular formula is C19H17N3O3. The van der Waals surface area contributed by atoms with Crippen LogP contribution in [0.25, 0.3) is 0 Å². The zero-order chi connectivity index (χ0) is 18.2. The van der Waals surface area contributed by atoms with E-state index in [-0.39, 0.29) is 5.57 Å². The smallest absolute Gasteiger partial charge is 0.334 e. The van der Waals surface area contributed by atoms with E-state index in [1.807, 2.05) is 13.0 Å². The Morgan fingerprint density at radius 1 is 1.16 bits per heavy atom. The molecule has 0 heterocycles. The number of nitrogens with zero attached hydrogens (tertiary/aromatic N) is 3. The molecule has 0 radical (unpaired) electrons. The van der Waals surface area contributed by atoms with Crippen LogP contribution in [-0.2, 0) is 4.79 Å². The normalized spacial score (nSPS) is 11.7. The molecule has 2 rings (SSSR count). The lowest BCUT2D eigenvalue weighted by atomic mass is 10.2. The van der Waals surface area contributed by atoms with Crippen molar-refractivity contribution < 1.29 is 14.6 Å². The molecule has 0 saturated carbocycles. The summed E-state index contributed by atoms with van der Waals surface area (Å²) < 4.78 is 5.74. The first-order chi connectivity index (χ1) is 12.0. The molecule has 2 aromatic rings. The Bertz CT molecular complexity index is 862. The topological polar surface area (TPSA) is 95.0 Å². The van der Waals surface area contributed by atoms with Crippen molar-refractivity contribution in [1.82, 2.24) is 0 Å². The van der Waals surface area contributed by atoms with Crippen LogP contribution in [0.15, 0.2) is 70.1 Å². The van der Waals surface area contributed by atoms with Crippen LogP contribution in [0, 0.1) is 11.3 Å². The van der Waals surface area contributed by atoms with Crippen LogP contribution in [-0.4, -0.2) is 11.1 Å². The Morgan fingerprint density at radius 2 is 1.84 bits per heavy atom. The molecule has 0 bridgehead atoms. The molecule has 1 N–H and O–H groups in total. The van der Waals surface area contributed by atoms with Gasteiger partial charge in [0.2, 0.25) is 0 Å². The van der Waals surface area contributed by atoms with E-state index in [1.54, 1.807) is 48.5 Å². The number of carboxylic acids is 1. The molecule has 0 spiro atoms. The highest BCUT2D eigenvalue weighted by Gasteiger charge is 2.12. The van der Waals surface area contributed by atoms with Crippen molar-refractivity contribution in [3.63, 3.8) is 0 Å². The van der Waals surface area contributed by atoms with Gasteiger partial charge in [-0.3, -0.25) is 0 Å². The van der Waals surface area contributed by atoms with Gasteiger partial charge < -0.3 is 9.84 Å². The Hall–Kier alpha value is -3.46. The average molecular weight is 335 g/mol. The average Bonchev–Trinajstić information content (AvgIpc) is 2.65. The van der Waals surface area contributed by atoms with E-state index in [1.165, 1.54) is 6.92 Å². The molecule has 0 fully saturated rings. The summed E-state index contributed by atoms with van der Waals surface area (Å²) in [7, 11) is 0. The lowest BCUT2D eigenvalue weighted by Crippen LogP contribution is -2.05. The van der Waals surface area contributed by atoms with E-state index in [0.717, 1.165) is 0 Å². The minimum Gasteiger partial charge on any atom is -0.478 e. The molecule has 0 saturated heterocycles. The molecule has 6 heteroatoms. The first-order valence-corrected chi connectivity index (χ1v) is 7.67. The number of benzene rings is 2. The second-order valence-electron chi connectivity index (χ2n) is 5.14. The van der Waals surface area contributed by atoms with Crippen LogP contribution in [0.4, 0.5) is 11.4 Å². The fraction of sp³-hybridized carbons (Fsp3) is 0.158. The molecule has 0 aromatic heterocycles. The van der Waals surface area contributed by atoms with Gasteiger partial charge in [-0.1, -0.05) is 19.1 Å². The predicted octanol–water partition coefficient (Wildman–Crippen LogP) is 5.12. The van der Waals surface area contributed by atoms with E-state index in [2.05, 4.69) is 10.2 Å². The van der Waals surface area contributed by atoms with Crippen LogP contribution < -0.4 is 4.74 Å². The van der Waals surface area contributed by atoms with Gasteiger partial charge in [-0.2, -0.15) is 10.4 Å². The van der Waals surface area contributed by atoms with Crippen molar-refractivity contribution in [2.75, 3.05) is 0 Å². The van der Waals surface area contributed by atoms with Gasteiger partial charge in [0.15, 0.2) is 5.75 Å². The molecule has 6 nitrogen and oxygen atoms in total. The molecule has 0 amide bonds. The number of carbonyl (C=O) groups is 1. The Kier molecular flexibility index (Phi) is 6.02. The maximum absolute atomic E-state index is 11.1. The number of rotatable bonds is 6. The van der Waals surface area contributed by atoms with E-state index in [4.69, 9.17) is 15.1 Å². The molecule has 0 aliphatic heterocycles. The molecule has 0 aliphatic rings. The number of aliphatic carboxylic acids is 1. The first-order valence-electron chi connectivity index (χ1n) is 7.67. The maximum atomic E-state index is 11.1. The van der Waals surface area contributed by atoms with Crippen molar-refractivity contribution in [1.29, 1.82) is 5.26 Å². The van der Waals surface area contributed by atoms with Crippen molar-refractivity contribution in [2.45, 2.75) is 20.3 Å². The van der Waals surface area contributed by atoms with Gasteiger partial charge in [0, 0.05) is 6.42 Å². The Morgan fingerprint density at radius 3 is 2.44 bits per heavy atom. The quantitative estimate of drug-likeness (QED) is 0.450. The third-order valence-corrected chi connectivity index (χ3v) is 3.43. The standard InChI is InChI=1S/C19H17N3O3/c1-3-17(13(2)19(23)24)25-18-7-5-4-6-16(18)22-21-15-10-8-14(12-20)9-11-15/h4-11H,3H2,1-2H3,(H,23,24)/b17-13+,22-21+. The molecule has 0 unspecified atom stereocenters. The highest BCUT2D eigenvalue weighted by molar-refractivity contribution is 5.86. The Balaban J connectivity index is 2.28. The fourth-order valence-corrected chi connectivity index (χ4v) is 2.01. The minimum absolute atomic E-state index is 0.154. The number of allylic oxidation sites excluding steroid dienone is 1. The van der Waals surface area contributed by atoms with Gasteiger partial charge >= 0.3 is 5.97 Å². The zero-order valence-electron chi connectivity index (χ0n) is 13.9. The van der Waals surface area contributed by atoms with Crippen molar-refractivity contribution in [2.24, 2.45) is 10.2 Å². The minimum atomic E-state index is -1.02. The second-order valence-corrected chi connectivity index (χ2v) is 5.14. The summed E-state index contributed by atoms with van der Waals surface area (Å²) in [4.78, 5) is 11.1. The molecule has 0 atom stereocenters. The lowest BCUT2D eigenvalue weighted by Gasteiger charge is -2.11. The Labute approximate surface area is 145 Å². The molecular weight excluding hydrogens is 318 g/mol. The fourth-order valence-electron chi connectivity index (χ4n) is 2.01. The number of para-hydroxylation sites is 1. The molecule has 2 aromatic carbocycles. The summed E-state index contributed by atoms with van der Waals surface area (Å²) >= 11 is 0. The van der Waals surface area contributed by atoms with Crippen LogP contribution in [0.1, 0.15) is 25.8 Å². The highest BCUT2D eigenvalue weighted by Crippen LogP contribution is 2.31. The van der Waals surface area contributed by atoms with Crippen LogP contribution >= 0.6 is 0 Å².